The Morgan fingerprint density at radius 1 is 1.04 bits per heavy atom. The van der Waals surface area contributed by atoms with Gasteiger partial charge in [-0.25, -0.2) is 0 Å². The molecule has 0 radical (unpaired) electrons. The van der Waals surface area contributed by atoms with Gasteiger partial charge in [0.05, 0.1) is 5.56 Å². The first-order valence-corrected chi connectivity index (χ1v) is 6.76. The first-order valence-electron chi connectivity index (χ1n) is 6.76. The van der Waals surface area contributed by atoms with Crippen molar-refractivity contribution >= 4 is 5.69 Å². The normalized spacial score (nSPS) is 11.4. The van der Waals surface area contributed by atoms with Gasteiger partial charge in [-0.05, 0) is 35.0 Å². The number of benzene rings is 2. The molecule has 0 aliphatic rings. The second-order valence-corrected chi connectivity index (χ2v) is 4.86. The third-order valence-electron chi connectivity index (χ3n) is 3.24. The number of nitrogens with zero attached hydrogens (tertiary/aromatic N) is 3. The quantitative estimate of drug-likeness (QED) is 0.772. The first kappa shape index (κ1) is 15.0. The standard InChI is InChI=1S/C15H12F3N5/c16-15(17,18)12-6-4-10(5-7-12)9-19-13-3-1-2-11(8-13)14-20-22-23-21-14/h1-8,19H,9H2,(H,20,21,22,23). The predicted octanol–water partition coefficient (Wildman–Crippen LogP) is 3.50. The molecule has 0 amide bonds. The van der Waals surface area contributed by atoms with Crippen LogP contribution >= 0.6 is 0 Å². The number of aromatic nitrogens is 4. The molecule has 0 aliphatic carbocycles. The number of aromatic amines is 1. The fraction of sp³-hybridized carbons (Fsp3) is 0.133. The lowest BCUT2D eigenvalue weighted by atomic mass is 10.1. The van der Waals surface area contributed by atoms with Crippen molar-refractivity contribution in [2.24, 2.45) is 0 Å². The number of tetrazole rings is 1. The summed E-state index contributed by atoms with van der Waals surface area (Å²) < 4.78 is 37.5. The Morgan fingerprint density at radius 3 is 2.48 bits per heavy atom. The van der Waals surface area contributed by atoms with Gasteiger partial charge < -0.3 is 5.32 Å². The van der Waals surface area contributed by atoms with Crippen LogP contribution in [-0.4, -0.2) is 20.6 Å². The van der Waals surface area contributed by atoms with Gasteiger partial charge in [0.1, 0.15) is 0 Å². The monoisotopic (exact) mass is 319 g/mol. The van der Waals surface area contributed by atoms with Crippen LogP contribution in [0.4, 0.5) is 18.9 Å². The Morgan fingerprint density at radius 2 is 1.83 bits per heavy atom. The summed E-state index contributed by atoms with van der Waals surface area (Å²) >= 11 is 0. The Hall–Kier alpha value is -2.90. The molecule has 0 spiro atoms. The molecule has 0 aliphatic heterocycles. The molecule has 0 fully saturated rings. The van der Waals surface area contributed by atoms with E-state index in [1.54, 1.807) is 0 Å². The van der Waals surface area contributed by atoms with Crippen LogP contribution in [0.5, 0.6) is 0 Å². The van der Waals surface area contributed by atoms with Crippen LogP contribution in [0.15, 0.2) is 48.5 Å². The van der Waals surface area contributed by atoms with E-state index in [0.717, 1.165) is 28.9 Å². The van der Waals surface area contributed by atoms with Gasteiger partial charge in [-0.1, -0.05) is 24.3 Å². The molecule has 0 unspecified atom stereocenters. The van der Waals surface area contributed by atoms with Gasteiger partial charge in [0.2, 0.25) is 5.82 Å². The maximum Gasteiger partial charge on any atom is 0.416 e. The number of halogens is 3. The number of hydrogen-bond acceptors (Lipinski definition) is 4. The number of nitrogens with one attached hydrogen (secondary N) is 2. The highest BCUT2D eigenvalue weighted by atomic mass is 19.4. The number of anilines is 1. The van der Waals surface area contributed by atoms with Crippen LogP contribution in [0.2, 0.25) is 0 Å². The molecule has 23 heavy (non-hydrogen) atoms. The second-order valence-electron chi connectivity index (χ2n) is 4.86. The van der Waals surface area contributed by atoms with Crippen molar-refractivity contribution in [3.05, 3.63) is 59.7 Å². The summed E-state index contributed by atoms with van der Waals surface area (Å²) in [6.45, 7) is 0.411. The van der Waals surface area contributed by atoms with Gasteiger partial charge in [0, 0.05) is 17.8 Å². The molecular weight excluding hydrogens is 307 g/mol. The van der Waals surface area contributed by atoms with Crippen molar-refractivity contribution in [3.63, 3.8) is 0 Å². The predicted molar refractivity (Wildman–Crippen MR) is 78.4 cm³/mol. The number of hydrogen-bond donors (Lipinski definition) is 2. The minimum Gasteiger partial charge on any atom is -0.381 e. The lowest BCUT2D eigenvalue weighted by Crippen LogP contribution is -2.05. The van der Waals surface area contributed by atoms with Crippen molar-refractivity contribution in [2.75, 3.05) is 5.32 Å². The largest absolute Gasteiger partial charge is 0.416 e. The van der Waals surface area contributed by atoms with E-state index in [1.165, 1.54) is 12.1 Å². The zero-order chi connectivity index (χ0) is 16.3. The summed E-state index contributed by atoms with van der Waals surface area (Å²) in [5.74, 6) is 0.475. The highest BCUT2D eigenvalue weighted by molar-refractivity contribution is 5.61. The van der Waals surface area contributed by atoms with Gasteiger partial charge in [-0.3, -0.25) is 0 Å². The molecule has 3 rings (SSSR count). The van der Waals surface area contributed by atoms with E-state index in [-0.39, 0.29) is 0 Å². The van der Waals surface area contributed by atoms with Crippen LogP contribution in [0.3, 0.4) is 0 Å². The maximum absolute atomic E-state index is 12.5. The van der Waals surface area contributed by atoms with Crippen molar-refractivity contribution in [3.8, 4) is 11.4 Å². The van der Waals surface area contributed by atoms with E-state index in [2.05, 4.69) is 25.9 Å². The highest BCUT2D eigenvalue weighted by Crippen LogP contribution is 2.29. The third kappa shape index (κ3) is 3.65. The van der Waals surface area contributed by atoms with Gasteiger partial charge in [0.15, 0.2) is 0 Å². The van der Waals surface area contributed by atoms with Crippen molar-refractivity contribution < 1.29 is 13.2 Å². The van der Waals surface area contributed by atoms with Gasteiger partial charge in [0.25, 0.3) is 0 Å². The highest BCUT2D eigenvalue weighted by Gasteiger charge is 2.29. The summed E-state index contributed by atoms with van der Waals surface area (Å²) in [6, 6.07) is 12.4. The molecule has 0 bridgehead atoms. The molecule has 1 aromatic heterocycles. The van der Waals surface area contributed by atoms with Crippen LogP contribution in [0.25, 0.3) is 11.4 Å². The molecule has 5 nitrogen and oxygen atoms in total. The summed E-state index contributed by atoms with van der Waals surface area (Å²) in [5.41, 5.74) is 1.70. The van der Waals surface area contributed by atoms with E-state index in [0.29, 0.717) is 12.4 Å². The van der Waals surface area contributed by atoms with E-state index in [1.807, 2.05) is 24.3 Å². The van der Waals surface area contributed by atoms with Crippen molar-refractivity contribution in [2.45, 2.75) is 12.7 Å². The SMILES string of the molecule is FC(F)(F)c1ccc(CNc2cccc(-c3nn[nH]n3)c2)cc1. The molecule has 3 aromatic rings. The Bertz CT molecular complexity index is 767. The summed E-state index contributed by atoms with van der Waals surface area (Å²) in [4.78, 5) is 0. The lowest BCUT2D eigenvalue weighted by molar-refractivity contribution is -0.137. The molecule has 0 saturated heterocycles. The van der Waals surface area contributed by atoms with Crippen LogP contribution in [0.1, 0.15) is 11.1 Å². The van der Waals surface area contributed by atoms with Gasteiger partial charge in [-0.2, -0.15) is 18.4 Å². The fourth-order valence-corrected chi connectivity index (χ4v) is 2.07. The van der Waals surface area contributed by atoms with Crippen molar-refractivity contribution in [1.29, 1.82) is 0 Å². The molecule has 0 atom stereocenters. The summed E-state index contributed by atoms with van der Waals surface area (Å²) in [5, 5.41) is 16.8. The average molecular weight is 319 g/mol. The molecular formula is C15H12F3N5. The lowest BCUT2D eigenvalue weighted by Gasteiger charge is -2.10. The minimum atomic E-state index is -4.31. The average Bonchev–Trinajstić information content (AvgIpc) is 3.07. The van der Waals surface area contributed by atoms with Crippen LogP contribution in [-0.2, 0) is 12.7 Å². The van der Waals surface area contributed by atoms with E-state index >= 15 is 0 Å². The smallest absolute Gasteiger partial charge is 0.381 e. The minimum absolute atomic E-state index is 0.411. The van der Waals surface area contributed by atoms with Crippen LogP contribution < -0.4 is 5.32 Å². The van der Waals surface area contributed by atoms with E-state index in [9.17, 15) is 13.2 Å². The van der Waals surface area contributed by atoms with Crippen LogP contribution in [0, 0.1) is 0 Å². The van der Waals surface area contributed by atoms with E-state index in [4.69, 9.17) is 0 Å². The summed E-state index contributed by atoms with van der Waals surface area (Å²) in [6.07, 6.45) is -4.31. The number of H-pyrrole nitrogens is 1. The number of rotatable bonds is 4. The topological polar surface area (TPSA) is 66.5 Å². The Balaban J connectivity index is 1.68. The molecule has 118 valence electrons. The van der Waals surface area contributed by atoms with Crippen molar-refractivity contribution in [1.82, 2.24) is 20.6 Å². The molecule has 8 heteroatoms. The molecule has 2 aromatic carbocycles. The molecule has 1 heterocycles. The Labute approximate surface area is 129 Å². The molecule has 2 N–H and O–H groups in total. The first-order chi connectivity index (χ1) is 11.0. The van der Waals surface area contributed by atoms with Gasteiger partial charge >= 0.3 is 6.18 Å². The molecule has 0 saturated carbocycles. The Kier molecular flexibility index (Phi) is 3.96. The maximum atomic E-state index is 12.5. The van der Waals surface area contributed by atoms with Gasteiger partial charge in [-0.15, -0.1) is 10.2 Å². The fourth-order valence-electron chi connectivity index (χ4n) is 2.07. The zero-order valence-electron chi connectivity index (χ0n) is 11.8. The second kappa shape index (κ2) is 6.07. The zero-order valence-corrected chi connectivity index (χ0v) is 11.8. The van der Waals surface area contributed by atoms with E-state index < -0.39 is 11.7 Å². The third-order valence-corrected chi connectivity index (χ3v) is 3.24. The number of alkyl halides is 3. The summed E-state index contributed by atoms with van der Waals surface area (Å²) in [7, 11) is 0.